The molecule has 0 saturated carbocycles. The van der Waals surface area contributed by atoms with E-state index in [0.29, 0.717) is 5.82 Å². The van der Waals surface area contributed by atoms with E-state index in [-0.39, 0.29) is 0 Å². The summed E-state index contributed by atoms with van der Waals surface area (Å²) in [6.07, 6.45) is 0. The minimum atomic E-state index is 0.582. The zero-order valence-corrected chi connectivity index (χ0v) is 34.2. The van der Waals surface area contributed by atoms with Crippen molar-refractivity contribution in [1.82, 2.24) is 19.1 Å². The Labute approximate surface area is 365 Å². The number of fused-ring (bicyclic) bond motifs is 12. The van der Waals surface area contributed by atoms with Crippen LogP contribution in [0.15, 0.2) is 215 Å². The van der Waals surface area contributed by atoms with Crippen LogP contribution in [0, 0.1) is 0 Å². The Hall–Kier alpha value is -8.74. The maximum atomic E-state index is 6.65. The highest BCUT2D eigenvalue weighted by atomic mass is 16.3. The van der Waals surface area contributed by atoms with Crippen LogP contribution in [0.4, 0.5) is 0 Å². The van der Waals surface area contributed by atoms with Crippen molar-refractivity contribution in [3.8, 4) is 45.3 Å². The molecular weight excluding hydrogens is 785 g/mol. The van der Waals surface area contributed by atoms with E-state index in [4.69, 9.17) is 18.8 Å². The van der Waals surface area contributed by atoms with E-state index in [2.05, 4.69) is 191 Å². The highest BCUT2D eigenvalue weighted by molar-refractivity contribution is 6.13. The monoisotopic (exact) mass is 818 g/mol. The van der Waals surface area contributed by atoms with Crippen molar-refractivity contribution in [1.29, 1.82) is 0 Å². The van der Waals surface area contributed by atoms with Crippen LogP contribution in [-0.2, 0) is 0 Å². The number of hydrogen-bond donors (Lipinski definition) is 0. The molecule has 5 aromatic heterocycles. The summed E-state index contributed by atoms with van der Waals surface area (Å²) in [7, 11) is 0. The second-order valence-corrected chi connectivity index (χ2v) is 16.5. The lowest BCUT2D eigenvalue weighted by molar-refractivity contribution is 0.669. The van der Waals surface area contributed by atoms with Gasteiger partial charge in [0.05, 0.1) is 33.5 Å². The summed E-state index contributed by atoms with van der Waals surface area (Å²) in [6.45, 7) is 0. The molecule has 0 amide bonds. The number of aromatic nitrogens is 4. The van der Waals surface area contributed by atoms with Crippen LogP contribution in [0.3, 0.4) is 0 Å². The molecular formula is C58H34N4O2. The molecule has 0 radical (unpaired) electrons. The third-order valence-corrected chi connectivity index (χ3v) is 12.9. The molecule has 5 heterocycles. The first kappa shape index (κ1) is 34.9. The number of hydrogen-bond acceptors (Lipinski definition) is 4. The number of para-hydroxylation sites is 8. The van der Waals surface area contributed by atoms with Gasteiger partial charge in [0, 0.05) is 71.2 Å². The summed E-state index contributed by atoms with van der Waals surface area (Å²) in [5.41, 5.74) is 13.9. The van der Waals surface area contributed by atoms with Gasteiger partial charge in [0.2, 0.25) is 0 Å². The lowest BCUT2D eigenvalue weighted by atomic mass is 10.0. The van der Waals surface area contributed by atoms with Crippen LogP contribution in [0.1, 0.15) is 0 Å². The van der Waals surface area contributed by atoms with Crippen LogP contribution < -0.4 is 0 Å². The van der Waals surface area contributed by atoms with Crippen molar-refractivity contribution in [3.05, 3.63) is 206 Å². The fraction of sp³-hybridized carbons (Fsp3) is 0. The molecule has 0 atom stereocenters. The summed E-state index contributed by atoms with van der Waals surface area (Å²) in [5, 5.41) is 8.99. The Morgan fingerprint density at radius 3 is 1.09 bits per heavy atom. The van der Waals surface area contributed by atoms with E-state index in [9.17, 15) is 0 Å². The van der Waals surface area contributed by atoms with Gasteiger partial charge in [0.15, 0.2) is 5.82 Å². The van der Waals surface area contributed by atoms with E-state index in [1.54, 1.807) is 0 Å². The molecule has 6 nitrogen and oxygen atoms in total. The Morgan fingerprint density at radius 2 is 0.672 bits per heavy atom. The van der Waals surface area contributed by atoms with Gasteiger partial charge in [-0.05, 0) is 72.8 Å². The fourth-order valence-corrected chi connectivity index (χ4v) is 10.1. The molecule has 14 rings (SSSR count). The van der Waals surface area contributed by atoms with Crippen LogP contribution in [-0.4, -0.2) is 19.1 Å². The molecule has 0 aliphatic heterocycles. The minimum absolute atomic E-state index is 0.582. The molecule has 298 valence electrons. The molecule has 0 spiro atoms. The SMILES string of the molecule is c1ccc2c(c1)oc1c(-c3cc(-c4cccc5c4oc4ccccc45)nc(-c4cc(-n5c6ccccc6c6ccccc65)cc(-n5c6ccccc6c6ccccc65)c4)n3)cccc12. The Balaban J connectivity index is 1.10. The first-order chi connectivity index (χ1) is 31.7. The summed E-state index contributed by atoms with van der Waals surface area (Å²) >= 11 is 0. The second kappa shape index (κ2) is 13.4. The maximum Gasteiger partial charge on any atom is 0.160 e. The average Bonchev–Trinajstić information content (AvgIpc) is 4.12. The molecule has 0 N–H and O–H groups in total. The van der Waals surface area contributed by atoms with E-state index < -0.39 is 0 Å². The van der Waals surface area contributed by atoms with Gasteiger partial charge in [0.1, 0.15) is 22.3 Å². The highest BCUT2D eigenvalue weighted by Crippen LogP contribution is 2.42. The predicted octanol–water partition coefficient (Wildman–Crippen LogP) is 15.5. The number of benzene rings is 9. The van der Waals surface area contributed by atoms with Gasteiger partial charge in [-0.3, -0.25) is 0 Å². The fourth-order valence-electron chi connectivity index (χ4n) is 10.1. The maximum absolute atomic E-state index is 6.65. The predicted molar refractivity (Wildman–Crippen MR) is 262 cm³/mol. The smallest absolute Gasteiger partial charge is 0.160 e. The standard InChI is InChI=1S/C58H34N4O2/c1-7-25-50-38(15-1)39-16-2-8-26-51(39)61(50)36-31-35(32-37(33-36)62-52-27-9-3-17-40(52)41-18-4-10-28-53(41)62)58-59-48(46-23-13-21-44-42-19-5-11-29-54(42)63-56(44)46)34-49(60-58)47-24-14-22-45-43-20-6-12-30-55(43)64-57(45)47/h1-34H. The van der Waals surface area contributed by atoms with Gasteiger partial charge < -0.3 is 18.0 Å². The molecule has 6 heteroatoms. The van der Waals surface area contributed by atoms with Crippen molar-refractivity contribution in [2.45, 2.75) is 0 Å². The number of furan rings is 2. The largest absolute Gasteiger partial charge is 0.455 e. The van der Waals surface area contributed by atoms with Gasteiger partial charge >= 0.3 is 0 Å². The van der Waals surface area contributed by atoms with E-state index in [1.165, 1.54) is 21.5 Å². The molecule has 0 fully saturated rings. The van der Waals surface area contributed by atoms with Gasteiger partial charge in [0.25, 0.3) is 0 Å². The zero-order chi connectivity index (χ0) is 41.9. The molecule has 64 heavy (non-hydrogen) atoms. The van der Waals surface area contributed by atoms with Crippen LogP contribution >= 0.6 is 0 Å². The number of rotatable bonds is 5. The molecule has 0 bridgehead atoms. The molecule has 0 unspecified atom stereocenters. The van der Waals surface area contributed by atoms with E-state index in [0.717, 1.165) is 105 Å². The van der Waals surface area contributed by atoms with Gasteiger partial charge in [-0.1, -0.05) is 133 Å². The van der Waals surface area contributed by atoms with E-state index >= 15 is 0 Å². The number of nitrogens with zero attached hydrogens (tertiary/aromatic N) is 4. The Morgan fingerprint density at radius 1 is 0.312 bits per heavy atom. The summed E-state index contributed by atoms with van der Waals surface area (Å²) in [6, 6.07) is 72.5. The molecule has 0 saturated heterocycles. The molecule has 9 aromatic carbocycles. The highest BCUT2D eigenvalue weighted by Gasteiger charge is 2.22. The van der Waals surface area contributed by atoms with Crippen LogP contribution in [0.25, 0.3) is 133 Å². The average molecular weight is 819 g/mol. The quantitative estimate of drug-likeness (QED) is 0.174. The lowest BCUT2D eigenvalue weighted by Gasteiger charge is -2.16. The van der Waals surface area contributed by atoms with Gasteiger partial charge in [-0.2, -0.15) is 0 Å². The van der Waals surface area contributed by atoms with Crippen LogP contribution in [0.2, 0.25) is 0 Å². The lowest BCUT2D eigenvalue weighted by Crippen LogP contribution is -2.02. The third kappa shape index (κ3) is 5.08. The van der Waals surface area contributed by atoms with Crippen molar-refractivity contribution >= 4 is 87.5 Å². The molecule has 0 aliphatic rings. The van der Waals surface area contributed by atoms with Gasteiger partial charge in [-0.15, -0.1) is 0 Å². The normalized spacial score (nSPS) is 12.1. The molecule has 0 aliphatic carbocycles. The summed E-state index contributed by atoms with van der Waals surface area (Å²) in [4.78, 5) is 11.0. The summed E-state index contributed by atoms with van der Waals surface area (Å²) in [5.74, 6) is 0.582. The second-order valence-electron chi connectivity index (χ2n) is 16.5. The van der Waals surface area contributed by atoms with Gasteiger partial charge in [-0.25, -0.2) is 9.97 Å². The summed E-state index contributed by atoms with van der Waals surface area (Å²) < 4.78 is 18.1. The molecule has 14 aromatic rings. The Kier molecular flexibility index (Phi) is 7.30. The van der Waals surface area contributed by atoms with Crippen molar-refractivity contribution in [2.75, 3.05) is 0 Å². The van der Waals surface area contributed by atoms with Crippen molar-refractivity contribution < 1.29 is 8.83 Å². The topological polar surface area (TPSA) is 61.9 Å². The Bertz CT molecular complexity index is 3850. The third-order valence-electron chi connectivity index (χ3n) is 12.9. The van der Waals surface area contributed by atoms with Crippen LogP contribution in [0.5, 0.6) is 0 Å². The first-order valence-corrected chi connectivity index (χ1v) is 21.6. The van der Waals surface area contributed by atoms with Crippen molar-refractivity contribution in [2.24, 2.45) is 0 Å². The zero-order valence-electron chi connectivity index (χ0n) is 34.2. The van der Waals surface area contributed by atoms with Crippen molar-refractivity contribution in [3.63, 3.8) is 0 Å². The van der Waals surface area contributed by atoms with E-state index in [1.807, 2.05) is 24.3 Å². The minimum Gasteiger partial charge on any atom is -0.455 e. The first-order valence-electron chi connectivity index (χ1n) is 21.6.